The molecule has 0 aromatic heterocycles. The zero-order chi connectivity index (χ0) is 17.2. The summed E-state index contributed by atoms with van der Waals surface area (Å²) in [5, 5.41) is 5.17. The third-order valence-electron chi connectivity index (χ3n) is 4.29. The summed E-state index contributed by atoms with van der Waals surface area (Å²) in [4.78, 5) is 23.7. The minimum absolute atomic E-state index is 0.115. The van der Waals surface area contributed by atoms with Crippen LogP contribution in [0.15, 0.2) is 35.2 Å². The molecule has 1 aliphatic heterocycles. The molecule has 1 aliphatic carbocycles. The fourth-order valence-corrected chi connectivity index (χ4v) is 4.54. The van der Waals surface area contributed by atoms with Crippen LogP contribution < -0.4 is 10.6 Å². The maximum atomic E-state index is 12.7. The lowest BCUT2D eigenvalue weighted by atomic mass is 10.2. The largest absolute Gasteiger partial charge is 0.346 e. The van der Waals surface area contributed by atoms with Crippen LogP contribution in [-0.2, 0) is 19.6 Å². The van der Waals surface area contributed by atoms with Crippen LogP contribution in [0.4, 0.5) is 0 Å². The molecule has 2 fully saturated rings. The van der Waals surface area contributed by atoms with Gasteiger partial charge in [0.1, 0.15) is 0 Å². The van der Waals surface area contributed by atoms with Gasteiger partial charge in [0.15, 0.2) is 0 Å². The van der Waals surface area contributed by atoms with Crippen LogP contribution >= 0.6 is 0 Å². The lowest BCUT2D eigenvalue weighted by Crippen LogP contribution is -2.47. The van der Waals surface area contributed by atoms with Gasteiger partial charge in [0.05, 0.1) is 4.90 Å². The number of nitrogens with one attached hydrogen (secondary N) is 2. The van der Waals surface area contributed by atoms with Gasteiger partial charge in [-0.1, -0.05) is 18.2 Å². The molecule has 130 valence electrons. The maximum absolute atomic E-state index is 12.7. The van der Waals surface area contributed by atoms with Crippen LogP contribution in [0.5, 0.6) is 0 Å². The second kappa shape index (κ2) is 6.90. The van der Waals surface area contributed by atoms with E-state index >= 15 is 0 Å². The maximum Gasteiger partial charge on any atom is 0.309 e. The number of amides is 2. The Morgan fingerprint density at radius 3 is 2.46 bits per heavy atom. The highest BCUT2D eigenvalue weighted by Crippen LogP contribution is 2.25. The number of hydrogen-bond donors (Lipinski definition) is 2. The zero-order valence-corrected chi connectivity index (χ0v) is 14.1. The van der Waals surface area contributed by atoms with Crippen molar-refractivity contribution in [1.29, 1.82) is 0 Å². The van der Waals surface area contributed by atoms with E-state index < -0.39 is 21.8 Å². The van der Waals surface area contributed by atoms with Crippen molar-refractivity contribution in [2.24, 2.45) is 0 Å². The molecule has 0 spiro atoms. The number of carbonyl (C=O) groups is 2. The first kappa shape index (κ1) is 16.9. The molecule has 2 aliphatic rings. The van der Waals surface area contributed by atoms with E-state index in [4.69, 9.17) is 0 Å². The average molecular weight is 351 g/mol. The summed E-state index contributed by atoms with van der Waals surface area (Å²) in [5.74, 6) is -1.35. The Kier molecular flexibility index (Phi) is 4.86. The molecule has 2 N–H and O–H groups in total. The van der Waals surface area contributed by atoms with Crippen LogP contribution in [0, 0.1) is 0 Å². The lowest BCUT2D eigenvalue weighted by molar-refractivity contribution is -0.139. The number of rotatable bonds is 5. The average Bonchev–Trinajstić information content (AvgIpc) is 3.26. The van der Waals surface area contributed by atoms with E-state index in [1.54, 1.807) is 30.3 Å². The summed E-state index contributed by atoms with van der Waals surface area (Å²) in [7, 11) is -3.58. The fraction of sp³-hybridized carbons (Fsp3) is 0.500. The first-order valence-corrected chi connectivity index (χ1v) is 9.58. The minimum atomic E-state index is -3.58. The molecule has 0 unspecified atom stereocenters. The molecule has 7 nitrogen and oxygen atoms in total. The Balaban J connectivity index is 1.61. The van der Waals surface area contributed by atoms with Crippen molar-refractivity contribution in [3.63, 3.8) is 0 Å². The van der Waals surface area contributed by atoms with Gasteiger partial charge in [-0.05, 0) is 37.8 Å². The van der Waals surface area contributed by atoms with Gasteiger partial charge in [0.2, 0.25) is 10.0 Å². The van der Waals surface area contributed by atoms with E-state index in [0.29, 0.717) is 13.0 Å². The van der Waals surface area contributed by atoms with E-state index in [-0.39, 0.29) is 23.5 Å². The van der Waals surface area contributed by atoms with Gasteiger partial charge in [0, 0.05) is 25.2 Å². The van der Waals surface area contributed by atoms with Crippen molar-refractivity contribution in [3.05, 3.63) is 30.3 Å². The van der Waals surface area contributed by atoms with Gasteiger partial charge in [-0.25, -0.2) is 8.42 Å². The standard InChI is InChI=1S/C16H21N3O4S/c20-15(16(21)18-12-8-9-12)17-11-13-5-4-10-19(13)24(22,23)14-6-2-1-3-7-14/h1-3,6-7,12-13H,4-5,8-11H2,(H,17,20)(H,18,21)/t13-/m1/s1. The van der Waals surface area contributed by atoms with E-state index in [9.17, 15) is 18.0 Å². The summed E-state index contributed by atoms with van der Waals surface area (Å²) in [6.45, 7) is 0.565. The molecule has 24 heavy (non-hydrogen) atoms. The molecule has 1 saturated heterocycles. The first-order chi connectivity index (χ1) is 11.5. The minimum Gasteiger partial charge on any atom is -0.346 e. The van der Waals surface area contributed by atoms with Gasteiger partial charge >= 0.3 is 11.8 Å². The third kappa shape index (κ3) is 3.76. The molecule has 1 saturated carbocycles. The van der Waals surface area contributed by atoms with Gasteiger partial charge in [-0.3, -0.25) is 9.59 Å². The van der Waals surface area contributed by atoms with Crippen LogP contribution in [0.3, 0.4) is 0 Å². The van der Waals surface area contributed by atoms with Gasteiger partial charge < -0.3 is 10.6 Å². The third-order valence-corrected chi connectivity index (χ3v) is 6.26. The second-order valence-electron chi connectivity index (χ2n) is 6.18. The number of benzene rings is 1. The van der Waals surface area contributed by atoms with Crippen molar-refractivity contribution in [3.8, 4) is 0 Å². The molecule has 1 aromatic rings. The number of hydrogen-bond acceptors (Lipinski definition) is 4. The second-order valence-corrected chi connectivity index (χ2v) is 8.07. The van der Waals surface area contributed by atoms with E-state index in [1.807, 2.05) is 0 Å². The molecule has 1 atom stereocenters. The number of sulfonamides is 1. The molecule has 3 rings (SSSR count). The SMILES string of the molecule is O=C(NC[C@H]1CCCN1S(=O)(=O)c1ccccc1)C(=O)NC1CC1. The number of carbonyl (C=O) groups excluding carboxylic acids is 2. The fourth-order valence-electron chi connectivity index (χ4n) is 2.83. The van der Waals surface area contributed by atoms with E-state index in [2.05, 4.69) is 10.6 Å². The Labute approximate surface area is 141 Å². The van der Waals surface area contributed by atoms with Crippen LogP contribution in [0.1, 0.15) is 25.7 Å². The predicted molar refractivity (Wildman–Crippen MR) is 87.5 cm³/mol. The molecular formula is C16H21N3O4S. The topological polar surface area (TPSA) is 95.6 Å². The highest BCUT2D eigenvalue weighted by molar-refractivity contribution is 7.89. The predicted octanol–water partition coefficient (Wildman–Crippen LogP) is 0.234. The summed E-state index contributed by atoms with van der Waals surface area (Å²) >= 11 is 0. The van der Waals surface area contributed by atoms with Gasteiger partial charge in [0.25, 0.3) is 0 Å². The van der Waals surface area contributed by atoms with Crippen molar-refractivity contribution >= 4 is 21.8 Å². The summed E-state index contributed by atoms with van der Waals surface area (Å²) in [5.41, 5.74) is 0. The zero-order valence-electron chi connectivity index (χ0n) is 13.3. The molecular weight excluding hydrogens is 330 g/mol. The molecule has 8 heteroatoms. The summed E-state index contributed by atoms with van der Waals surface area (Å²) in [6, 6.07) is 8.04. The van der Waals surface area contributed by atoms with Crippen LogP contribution in [-0.4, -0.2) is 49.7 Å². The Bertz CT molecular complexity index is 716. The smallest absolute Gasteiger partial charge is 0.309 e. The Hall–Kier alpha value is -1.93. The monoisotopic (exact) mass is 351 g/mol. The van der Waals surface area contributed by atoms with Gasteiger partial charge in [-0.15, -0.1) is 0 Å². The molecule has 1 aromatic carbocycles. The normalized spacial score (nSPS) is 21.4. The Morgan fingerprint density at radius 1 is 1.08 bits per heavy atom. The molecule has 1 heterocycles. The van der Waals surface area contributed by atoms with Crippen molar-refractivity contribution < 1.29 is 18.0 Å². The quantitative estimate of drug-likeness (QED) is 0.743. The van der Waals surface area contributed by atoms with Crippen LogP contribution in [0.2, 0.25) is 0 Å². The lowest BCUT2D eigenvalue weighted by Gasteiger charge is -2.24. The first-order valence-electron chi connectivity index (χ1n) is 8.14. The Morgan fingerprint density at radius 2 is 1.79 bits per heavy atom. The van der Waals surface area contributed by atoms with Crippen LogP contribution in [0.25, 0.3) is 0 Å². The highest BCUT2D eigenvalue weighted by Gasteiger charge is 2.35. The molecule has 0 bridgehead atoms. The molecule has 2 amide bonds. The summed E-state index contributed by atoms with van der Waals surface area (Å²) < 4.78 is 26.8. The van der Waals surface area contributed by atoms with E-state index in [1.165, 1.54) is 4.31 Å². The van der Waals surface area contributed by atoms with Crippen molar-refractivity contribution in [2.75, 3.05) is 13.1 Å². The summed E-state index contributed by atoms with van der Waals surface area (Å²) in [6.07, 6.45) is 3.22. The van der Waals surface area contributed by atoms with Crippen molar-refractivity contribution in [1.82, 2.24) is 14.9 Å². The van der Waals surface area contributed by atoms with Crippen molar-refractivity contribution in [2.45, 2.75) is 42.7 Å². The highest BCUT2D eigenvalue weighted by atomic mass is 32.2. The molecule has 0 radical (unpaired) electrons. The van der Waals surface area contributed by atoms with E-state index in [0.717, 1.165) is 19.3 Å². The van der Waals surface area contributed by atoms with Gasteiger partial charge in [-0.2, -0.15) is 4.31 Å². The number of nitrogens with zero attached hydrogens (tertiary/aromatic N) is 1.